The second-order valence-electron chi connectivity index (χ2n) is 3.28. The van der Waals surface area contributed by atoms with E-state index in [2.05, 4.69) is 9.97 Å². The minimum absolute atomic E-state index is 0.0102. The van der Waals surface area contributed by atoms with Gasteiger partial charge >= 0.3 is 4.87 Å². The lowest BCUT2D eigenvalue weighted by Gasteiger charge is -1.98. The number of hydrogen-bond donors (Lipinski definition) is 2. The Balaban J connectivity index is 2.40. The van der Waals surface area contributed by atoms with Crippen molar-refractivity contribution in [2.24, 2.45) is 0 Å². The molecule has 15 heavy (non-hydrogen) atoms. The highest BCUT2D eigenvalue weighted by molar-refractivity contribution is 7.16. The molecule has 2 N–H and O–H groups in total. The molecular weight excluding hydrogens is 208 g/mol. The minimum atomic E-state index is -0.0102. The molecule has 0 amide bonds. The molecule has 0 aliphatic carbocycles. The van der Waals surface area contributed by atoms with Gasteiger partial charge in [-0.05, 0) is 18.2 Å². The lowest BCUT2D eigenvalue weighted by Crippen LogP contribution is -1.90. The standard InChI is InChI=1S/C11H8N2OS/c14-11-13-10-7(8-4-2-6-12-8)3-1-5-9(10)15-11/h1-6,12H,(H,13,14). The largest absolute Gasteiger partial charge is 0.361 e. The number of fused-ring (bicyclic) bond motifs is 1. The zero-order valence-corrected chi connectivity index (χ0v) is 8.60. The monoisotopic (exact) mass is 216 g/mol. The number of nitrogens with one attached hydrogen (secondary N) is 2. The van der Waals surface area contributed by atoms with Crippen molar-refractivity contribution in [2.75, 3.05) is 0 Å². The molecule has 3 aromatic rings. The van der Waals surface area contributed by atoms with Crippen molar-refractivity contribution >= 4 is 21.6 Å². The molecule has 0 fully saturated rings. The molecule has 0 saturated carbocycles. The van der Waals surface area contributed by atoms with E-state index >= 15 is 0 Å². The molecule has 3 nitrogen and oxygen atoms in total. The Morgan fingerprint density at radius 1 is 1.13 bits per heavy atom. The van der Waals surface area contributed by atoms with Crippen LogP contribution in [-0.2, 0) is 0 Å². The van der Waals surface area contributed by atoms with Crippen molar-refractivity contribution < 1.29 is 0 Å². The topological polar surface area (TPSA) is 48.6 Å². The van der Waals surface area contributed by atoms with E-state index in [0.717, 1.165) is 21.5 Å². The average molecular weight is 216 g/mol. The summed E-state index contributed by atoms with van der Waals surface area (Å²) in [5.74, 6) is 0. The van der Waals surface area contributed by atoms with E-state index in [1.807, 2.05) is 36.5 Å². The van der Waals surface area contributed by atoms with Crippen molar-refractivity contribution in [2.45, 2.75) is 0 Å². The molecule has 2 heterocycles. The third kappa shape index (κ3) is 1.30. The number of thiazole rings is 1. The average Bonchev–Trinajstić information content (AvgIpc) is 2.82. The summed E-state index contributed by atoms with van der Waals surface area (Å²) in [5, 5.41) is 0. The van der Waals surface area contributed by atoms with Gasteiger partial charge in [-0.15, -0.1) is 0 Å². The Labute approximate surface area is 89.4 Å². The van der Waals surface area contributed by atoms with Gasteiger partial charge in [0.2, 0.25) is 0 Å². The molecule has 0 spiro atoms. The minimum Gasteiger partial charge on any atom is -0.361 e. The molecule has 0 bridgehead atoms. The number of hydrogen-bond acceptors (Lipinski definition) is 2. The first-order valence-corrected chi connectivity index (χ1v) is 5.42. The van der Waals surface area contributed by atoms with Gasteiger partial charge in [-0.1, -0.05) is 23.5 Å². The molecule has 1 aromatic carbocycles. The lowest BCUT2D eigenvalue weighted by molar-refractivity contribution is 1.37. The van der Waals surface area contributed by atoms with Crippen molar-refractivity contribution in [3.05, 3.63) is 46.2 Å². The molecule has 0 aliphatic heterocycles. The first-order chi connectivity index (χ1) is 7.34. The zero-order chi connectivity index (χ0) is 10.3. The Morgan fingerprint density at radius 2 is 2.07 bits per heavy atom. The van der Waals surface area contributed by atoms with Gasteiger partial charge in [0.05, 0.1) is 10.2 Å². The van der Waals surface area contributed by atoms with Crippen LogP contribution < -0.4 is 4.87 Å². The summed E-state index contributed by atoms with van der Waals surface area (Å²) < 4.78 is 0.993. The van der Waals surface area contributed by atoms with E-state index in [9.17, 15) is 4.79 Å². The summed E-state index contributed by atoms with van der Waals surface area (Å²) >= 11 is 1.24. The van der Waals surface area contributed by atoms with Crippen LogP contribution in [0.5, 0.6) is 0 Å². The molecule has 0 radical (unpaired) electrons. The summed E-state index contributed by atoms with van der Waals surface area (Å²) in [6.07, 6.45) is 1.87. The quantitative estimate of drug-likeness (QED) is 0.645. The summed E-state index contributed by atoms with van der Waals surface area (Å²) in [6, 6.07) is 9.84. The van der Waals surface area contributed by atoms with Crippen LogP contribution in [0.3, 0.4) is 0 Å². The summed E-state index contributed by atoms with van der Waals surface area (Å²) in [5.41, 5.74) is 2.97. The summed E-state index contributed by atoms with van der Waals surface area (Å²) in [7, 11) is 0. The van der Waals surface area contributed by atoms with Gasteiger partial charge in [0, 0.05) is 17.5 Å². The van der Waals surface area contributed by atoms with Crippen molar-refractivity contribution in [3.8, 4) is 11.3 Å². The van der Waals surface area contributed by atoms with Gasteiger partial charge in [-0.2, -0.15) is 0 Å². The number of aromatic amines is 2. The fourth-order valence-corrected chi connectivity index (χ4v) is 2.46. The highest BCUT2D eigenvalue weighted by atomic mass is 32.1. The lowest BCUT2D eigenvalue weighted by atomic mass is 10.1. The van der Waals surface area contributed by atoms with Crippen LogP contribution in [0.2, 0.25) is 0 Å². The van der Waals surface area contributed by atoms with Crippen LogP contribution in [0, 0.1) is 0 Å². The predicted octanol–water partition coefficient (Wildman–Crippen LogP) is 2.58. The van der Waals surface area contributed by atoms with Gasteiger partial charge in [0.25, 0.3) is 0 Å². The summed E-state index contributed by atoms with van der Waals surface area (Å²) in [6.45, 7) is 0. The Hall–Kier alpha value is -1.81. The normalized spacial score (nSPS) is 10.9. The molecule has 74 valence electrons. The van der Waals surface area contributed by atoms with Crippen LogP contribution in [0.25, 0.3) is 21.5 Å². The zero-order valence-electron chi connectivity index (χ0n) is 7.78. The molecule has 4 heteroatoms. The van der Waals surface area contributed by atoms with E-state index < -0.39 is 0 Å². The molecular formula is C11H8N2OS. The maximum atomic E-state index is 11.3. The van der Waals surface area contributed by atoms with Gasteiger partial charge < -0.3 is 9.97 Å². The Morgan fingerprint density at radius 3 is 2.87 bits per heavy atom. The highest BCUT2D eigenvalue weighted by Crippen LogP contribution is 2.26. The van der Waals surface area contributed by atoms with Crippen LogP contribution in [-0.4, -0.2) is 9.97 Å². The third-order valence-corrected chi connectivity index (χ3v) is 3.19. The number of benzene rings is 1. The Bertz CT molecular complexity index is 649. The smallest absolute Gasteiger partial charge is 0.305 e. The van der Waals surface area contributed by atoms with E-state index in [0.29, 0.717) is 0 Å². The molecule has 0 atom stereocenters. The first kappa shape index (κ1) is 8.49. The van der Waals surface area contributed by atoms with Crippen molar-refractivity contribution in [1.82, 2.24) is 9.97 Å². The fraction of sp³-hybridized carbons (Fsp3) is 0. The number of rotatable bonds is 1. The first-order valence-electron chi connectivity index (χ1n) is 4.60. The van der Waals surface area contributed by atoms with Crippen LogP contribution >= 0.6 is 11.3 Å². The third-order valence-electron chi connectivity index (χ3n) is 2.34. The molecule has 3 rings (SSSR count). The van der Waals surface area contributed by atoms with Crippen molar-refractivity contribution in [3.63, 3.8) is 0 Å². The van der Waals surface area contributed by atoms with E-state index in [-0.39, 0.29) is 4.87 Å². The molecule has 0 aliphatic rings. The van der Waals surface area contributed by atoms with Crippen LogP contribution in [0.15, 0.2) is 41.3 Å². The Kier molecular flexibility index (Phi) is 1.76. The SMILES string of the molecule is O=c1[nH]c2c(-c3ccc[nH]3)cccc2s1. The molecule has 2 aromatic heterocycles. The fourth-order valence-electron chi connectivity index (χ4n) is 1.69. The number of H-pyrrole nitrogens is 2. The second kappa shape index (κ2) is 3.10. The van der Waals surface area contributed by atoms with Gasteiger partial charge in [0.1, 0.15) is 0 Å². The number of para-hydroxylation sites is 1. The second-order valence-corrected chi connectivity index (χ2v) is 4.29. The van der Waals surface area contributed by atoms with Gasteiger partial charge in [-0.25, -0.2) is 0 Å². The van der Waals surface area contributed by atoms with Crippen molar-refractivity contribution in [1.29, 1.82) is 0 Å². The highest BCUT2D eigenvalue weighted by Gasteiger charge is 2.06. The van der Waals surface area contributed by atoms with Gasteiger partial charge in [0.15, 0.2) is 0 Å². The van der Waals surface area contributed by atoms with Crippen LogP contribution in [0.1, 0.15) is 0 Å². The molecule has 0 saturated heterocycles. The maximum Gasteiger partial charge on any atom is 0.305 e. The van der Waals surface area contributed by atoms with E-state index in [1.54, 1.807) is 0 Å². The van der Waals surface area contributed by atoms with E-state index in [4.69, 9.17) is 0 Å². The van der Waals surface area contributed by atoms with E-state index in [1.165, 1.54) is 11.3 Å². The predicted molar refractivity (Wildman–Crippen MR) is 62.2 cm³/mol. The maximum absolute atomic E-state index is 11.3. The molecule has 0 unspecified atom stereocenters. The van der Waals surface area contributed by atoms with Crippen LogP contribution in [0.4, 0.5) is 0 Å². The number of aromatic nitrogens is 2. The summed E-state index contributed by atoms with van der Waals surface area (Å²) in [4.78, 5) is 17.2. The van der Waals surface area contributed by atoms with Gasteiger partial charge in [-0.3, -0.25) is 4.79 Å².